The van der Waals surface area contributed by atoms with Crippen molar-refractivity contribution in [1.29, 1.82) is 0 Å². The van der Waals surface area contributed by atoms with E-state index < -0.39 is 0 Å². The second-order valence-corrected chi connectivity index (χ2v) is 9.74. The Morgan fingerprint density at radius 3 is 2.37 bits per heavy atom. The van der Waals surface area contributed by atoms with Crippen LogP contribution < -0.4 is 21.3 Å². The molecule has 38 heavy (non-hydrogen) atoms. The van der Waals surface area contributed by atoms with Gasteiger partial charge in [-0.05, 0) is 42.9 Å². The number of piperazine rings is 1. The predicted molar refractivity (Wildman–Crippen MR) is 157 cm³/mol. The summed E-state index contributed by atoms with van der Waals surface area (Å²) in [6.07, 6.45) is 1.86. The third-order valence-corrected chi connectivity index (χ3v) is 7.18. The lowest BCUT2D eigenvalue weighted by Crippen LogP contribution is -2.48. The molecule has 8 heteroatoms. The highest BCUT2D eigenvalue weighted by Gasteiger charge is 2.17. The molecule has 1 aliphatic rings. The molecule has 1 amide bonds. The Bertz CT molecular complexity index is 1140. The molecule has 0 bridgehead atoms. The van der Waals surface area contributed by atoms with Gasteiger partial charge in [0.2, 0.25) is 5.91 Å². The summed E-state index contributed by atoms with van der Waals surface area (Å²) in [7, 11) is 0. The van der Waals surface area contributed by atoms with E-state index in [0.29, 0.717) is 12.4 Å². The topological polar surface area (TPSA) is 89.8 Å². The monoisotopic (exact) mass is 515 g/mol. The quantitative estimate of drug-likeness (QED) is 0.318. The Balaban J connectivity index is 1.34. The minimum atomic E-state index is -0.379. The van der Waals surface area contributed by atoms with Crippen molar-refractivity contribution in [3.05, 3.63) is 78.0 Å². The van der Waals surface area contributed by atoms with Crippen molar-refractivity contribution in [2.45, 2.75) is 26.8 Å². The highest BCUT2D eigenvalue weighted by molar-refractivity contribution is 5.79. The zero-order chi connectivity index (χ0) is 26.7. The second kappa shape index (κ2) is 13.8. The maximum absolute atomic E-state index is 11.6. The van der Waals surface area contributed by atoms with Gasteiger partial charge in [0, 0.05) is 80.7 Å². The van der Waals surface area contributed by atoms with E-state index in [2.05, 4.69) is 80.6 Å². The van der Waals surface area contributed by atoms with Gasteiger partial charge in [0.25, 0.3) is 0 Å². The summed E-state index contributed by atoms with van der Waals surface area (Å²) >= 11 is 0. The van der Waals surface area contributed by atoms with Crippen LogP contribution >= 0.6 is 0 Å². The Morgan fingerprint density at radius 2 is 1.71 bits per heavy atom. The molecule has 0 radical (unpaired) electrons. The highest BCUT2D eigenvalue weighted by Crippen LogP contribution is 2.25. The van der Waals surface area contributed by atoms with E-state index >= 15 is 0 Å². The average Bonchev–Trinajstić information content (AvgIpc) is 2.95. The van der Waals surface area contributed by atoms with Crippen molar-refractivity contribution in [2.75, 3.05) is 67.9 Å². The summed E-state index contributed by atoms with van der Waals surface area (Å²) < 4.78 is 0. The lowest BCUT2D eigenvalue weighted by atomic mass is 10.1. The summed E-state index contributed by atoms with van der Waals surface area (Å²) in [6, 6.07) is 20.6. The molecule has 8 nitrogen and oxygen atoms in total. The van der Waals surface area contributed by atoms with Crippen molar-refractivity contribution >= 4 is 28.8 Å². The fourth-order valence-electron chi connectivity index (χ4n) is 4.79. The minimum absolute atomic E-state index is 0.141. The summed E-state index contributed by atoms with van der Waals surface area (Å²) in [5.74, 6) is 0.332. The van der Waals surface area contributed by atoms with E-state index in [-0.39, 0.29) is 12.3 Å². The summed E-state index contributed by atoms with van der Waals surface area (Å²) in [6.45, 7) is 13.9. The number of carbonyl (C=O) groups is 1. The highest BCUT2D eigenvalue weighted by atomic mass is 16.1. The third-order valence-electron chi connectivity index (χ3n) is 7.18. The number of nitrogens with one attached hydrogen (secondary N) is 2. The number of hydrogen-bond donors (Lipinski definition) is 3. The van der Waals surface area contributed by atoms with Crippen LogP contribution in [-0.2, 0) is 17.8 Å². The Hall–Kier alpha value is -3.62. The van der Waals surface area contributed by atoms with Crippen LogP contribution in [0.2, 0.25) is 0 Å². The molecular formula is C30H41N7O. The molecule has 1 aromatic heterocycles. The van der Waals surface area contributed by atoms with Crippen molar-refractivity contribution in [3.8, 4) is 0 Å². The molecule has 4 rings (SSSR count). The zero-order valence-electron chi connectivity index (χ0n) is 22.7. The molecule has 0 saturated carbocycles. The second-order valence-electron chi connectivity index (χ2n) is 9.74. The molecule has 0 atom stereocenters. The fourth-order valence-corrected chi connectivity index (χ4v) is 4.79. The Kier molecular flexibility index (Phi) is 9.95. The van der Waals surface area contributed by atoms with Crippen molar-refractivity contribution in [1.82, 2.24) is 14.8 Å². The lowest BCUT2D eigenvalue weighted by molar-refractivity contribution is -0.117. The van der Waals surface area contributed by atoms with Gasteiger partial charge in [-0.1, -0.05) is 44.2 Å². The van der Waals surface area contributed by atoms with Gasteiger partial charge >= 0.3 is 0 Å². The smallest absolute Gasteiger partial charge is 0.221 e. The Morgan fingerprint density at radius 1 is 1.00 bits per heavy atom. The lowest BCUT2D eigenvalue weighted by Gasteiger charge is -2.37. The van der Waals surface area contributed by atoms with Crippen molar-refractivity contribution in [3.63, 3.8) is 0 Å². The molecule has 2 aromatic carbocycles. The standard InChI is InChI=1S/C30H41N7O/c1-3-35(4-2)14-15-36-16-18-37(19-17-36)27-12-10-26(11-13-27)34-30-21-28(25(23-33-30)20-29(31)38)32-22-24-8-6-5-7-9-24/h5-13,21,23H,3-4,14-20,22H2,1-2H3,(H2,31,38)(H2,32,33,34). The van der Waals surface area contributed by atoms with Crippen molar-refractivity contribution in [2.24, 2.45) is 5.73 Å². The van der Waals surface area contributed by atoms with Gasteiger partial charge in [-0.15, -0.1) is 0 Å². The fraction of sp³-hybridized carbons (Fsp3) is 0.400. The van der Waals surface area contributed by atoms with Crippen LogP contribution in [0.25, 0.3) is 0 Å². The molecule has 1 fully saturated rings. The van der Waals surface area contributed by atoms with E-state index in [1.807, 2.05) is 24.3 Å². The number of anilines is 4. The van der Waals surface area contributed by atoms with Crippen LogP contribution in [0.15, 0.2) is 66.9 Å². The van der Waals surface area contributed by atoms with Gasteiger partial charge in [-0.2, -0.15) is 0 Å². The van der Waals surface area contributed by atoms with E-state index in [1.54, 1.807) is 6.20 Å². The summed E-state index contributed by atoms with van der Waals surface area (Å²) in [5, 5.41) is 6.84. The summed E-state index contributed by atoms with van der Waals surface area (Å²) in [5.41, 5.74) is 10.5. The largest absolute Gasteiger partial charge is 0.381 e. The van der Waals surface area contributed by atoms with Gasteiger partial charge in [0.1, 0.15) is 5.82 Å². The number of carbonyl (C=O) groups excluding carboxylic acids is 1. The SMILES string of the molecule is CCN(CC)CCN1CCN(c2ccc(Nc3cc(NCc4ccccc4)c(CC(N)=O)cn3)cc2)CC1. The van der Waals surface area contributed by atoms with Gasteiger partial charge in [-0.3, -0.25) is 9.69 Å². The van der Waals surface area contributed by atoms with Crippen LogP contribution in [0.3, 0.4) is 0 Å². The molecular weight excluding hydrogens is 474 g/mol. The van der Waals surface area contributed by atoms with Crippen LogP contribution in [0, 0.1) is 0 Å². The van der Waals surface area contributed by atoms with E-state index in [1.165, 1.54) is 5.69 Å². The number of pyridine rings is 1. The first-order valence-electron chi connectivity index (χ1n) is 13.7. The number of hydrogen-bond acceptors (Lipinski definition) is 7. The van der Waals surface area contributed by atoms with E-state index in [0.717, 1.165) is 74.9 Å². The zero-order valence-corrected chi connectivity index (χ0v) is 22.7. The summed E-state index contributed by atoms with van der Waals surface area (Å²) in [4.78, 5) is 23.6. The van der Waals surface area contributed by atoms with Crippen LogP contribution in [0.1, 0.15) is 25.0 Å². The minimum Gasteiger partial charge on any atom is -0.381 e. The number of amides is 1. The van der Waals surface area contributed by atoms with E-state index in [9.17, 15) is 4.79 Å². The average molecular weight is 516 g/mol. The number of aromatic nitrogens is 1. The first-order chi connectivity index (χ1) is 18.5. The van der Waals surface area contributed by atoms with Crippen LogP contribution in [0.5, 0.6) is 0 Å². The number of benzene rings is 2. The van der Waals surface area contributed by atoms with Gasteiger partial charge in [0.05, 0.1) is 6.42 Å². The number of nitrogens with zero attached hydrogens (tertiary/aromatic N) is 4. The molecule has 0 unspecified atom stereocenters. The maximum Gasteiger partial charge on any atom is 0.221 e. The molecule has 2 heterocycles. The number of primary amides is 1. The molecule has 4 N–H and O–H groups in total. The van der Waals surface area contributed by atoms with Gasteiger partial charge in [0.15, 0.2) is 0 Å². The number of rotatable bonds is 13. The molecule has 0 spiro atoms. The maximum atomic E-state index is 11.6. The van der Waals surface area contributed by atoms with Crippen LogP contribution in [0.4, 0.5) is 22.9 Å². The first-order valence-corrected chi connectivity index (χ1v) is 13.7. The molecule has 1 aliphatic heterocycles. The molecule has 1 saturated heterocycles. The number of likely N-dealkylation sites (N-methyl/N-ethyl adjacent to an activating group) is 1. The normalized spacial score (nSPS) is 14.0. The number of nitrogens with two attached hydrogens (primary N) is 1. The van der Waals surface area contributed by atoms with Gasteiger partial charge < -0.3 is 26.2 Å². The van der Waals surface area contributed by atoms with Crippen LogP contribution in [-0.4, -0.2) is 73.0 Å². The predicted octanol–water partition coefficient (Wildman–Crippen LogP) is 3.93. The van der Waals surface area contributed by atoms with Gasteiger partial charge in [-0.25, -0.2) is 4.98 Å². The Labute approximate surface area is 226 Å². The molecule has 0 aliphatic carbocycles. The van der Waals surface area contributed by atoms with Crippen molar-refractivity contribution < 1.29 is 4.79 Å². The molecule has 3 aromatic rings. The molecule has 202 valence electrons. The first kappa shape index (κ1) is 27.4. The van der Waals surface area contributed by atoms with E-state index in [4.69, 9.17) is 5.73 Å². The third kappa shape index (κ3) is 7.94.